The lowest BCUT2D eigenvalue weighted by molar-refractivity contribution is 0.414. The first kappa shape index (κ1) is 14.3. The van der Waals surface area contributed by atoms with E-state index >= 15 is 0 Å². The van der Waals surface area contributed by atoms with Crippen molar-refractivity contribution in [3.63, 3.8) is 0 Å². The first-order chi connectivity index (χ1) is 7.54. The van der Waals surface area contributed by atoms with Crippen LogP contribution >= 0.6 is 47.8 Å². The number of rotatable bonds is 4. The fraction of sp³-hybridized carbons (Fsp3) is 0.333. The molecule has 1 aromatic rings. The summed E-state index contributed by atoms with van der Waals surface area (Å²) in [5, 5.41) is 0. The van der Waals surface area contributed by atoms with Gasteiger partial charge in [-0.15, -0.1) is 0 Å². The van der Waals surface area contributed by atoms with E-state index in [1.807, 2.05) is 12.1 Å². The minimum atomic E-state index is 0.901. The van der Waals surface area contributed by atoms with Crippen molar-refractivity contribution in [2.24, 2.45) is 0 Å². The highest BCUT2D eigenvalue weighted by Gasteiger charge is 2.03. The molecule has 0 atom stereocenters. The van der Waals surface area contributed by atoms with Crippen molar-refractivity contribution < 1.29 is 4.74 Å². The molecule has 16 heavy (non-hydrogen) atoms. The average Bonchev–Trinajstić information content (AvgIpc) is 2.27. The quantitative estimate of drug-likeness (QED) is 0.642. The SMILES string of the molecule is COc1ccc(Br)c(CCC(C)=C(Br)Br)c1. The molecule has 1 nitrogen and oxygen atoms in total. The van der Waals surface area contributed by atoms with Gasteiger partial charge in [-0.05, 0) is 75.4 Å². The van der Waals surface area contributed by atoms with Crippen LogP contribution < -0.4 is 4.74 Å². The molecule has 0 bridgehead atoms. The molecule has 0 amide bonds. The standard InChI is InChI=1S/C12H13Br3O/c1-8(12(14)15)3-4-9-7-10(16-2)5-6-11(9)13/h5-7H,3-4H2,1-2H3. The molecule has 0 spiro atoms. The first-order valence-corrected chi connectivity index (χ1v) is 7.25. The molecule has 0 aliphatic heterocycles. The van der Waals surface area contributed by atoms with Crippen molar-refractivity contribution in [2.45, 2.75) is 19.8 Å². The first-order valence-electron chi connectivity index (χ1n) is 4.87. The van der Waals surface area contributed by atoms with Gasteiger partial charge in [-0.3, -0.25) is 0 Å². The summed E-state index contributed by atoms with van der Waals surface area (Å²) in [5.41, 5.74) is 2.56. The summed E-state index contributed by atoms with van der Waals surface area (Å²) in [4.78, 5) is 0. The molecule has 88 valence electrons. The van der Waals surface area contributed by atoms with Crippen molar-refractivity contribution in [2.75, 3.05) is 7.11 Å². The number of aryl methyl sites for hydroxylation is 1. The third-order valence-electron chi connectivity index (χ3n) is 2.34. The van der Waals surface area contributed by atoms with Crippen LogP contribution in [0.4, 0.5) is 0 Å². The van der Waals surface area contributed by atoms with Gasteiger partial charge in [0, 0.05) is 4.47 Å². The smallest absolute Gasteiger partial charge is 0.119 e. The van der Waals surface area contributed by atoms with Crippen LogP contribution in [0.15, 0.2) is 31.6 Å². The highest BCUT2D eigenvalue weighted by molar-refractivity contribution is 9.28. The molecule has 0 saturated heterocycles. The van der Waals surface area contributed by atoms with Crippen LogP contribution in [0, 0.1) is 0 Å². The van der Waals surface area contributed by atoms with E-state index in [0.29, 0.717) is 0 Å². The highest BCUT2D eigenvalue weighted by Crippen LogP contribution is 2.27. The molecule has 4 heteroatoms. The largest absolute Gasteiger partial charge is 0.497 e. The van der Waals surface area contributed by atoms with Crippen LogP contribution in [-0.4, -0.2) is 7.11 Å². The normalized spacial score (nSPS) is 10.1. The van der Waals surface area contributed by atoms with Crippen molar-refractivity contribution >= 4 is 47.8 Å². The zero-order chi connectivity index (χ0) is 12.1. The Kier molecular flexibility index (Phi) is 6.08. The number of hydrogen-bond donors (Lipinski definition) is 0. The van der Waals surface area contributed by atoms with Gasteiger partial charge in [0.15, 0.2) is 0 Å². The Morgan fingerprint density at radius 1 is 1.31 bits per heavy atom. The summed E-state index contributed by atoms with van der Waals surface area (Å²) in [7, 11) is 1.69. The van der Waals surface area contributed by atoms with E-state index in [-0.39, 0.29) is 0 Å². The fourth-order valence-electron chi connectivity index (χ4n) is 1.29. The van der Waals surface area contributed by atoms with Crippen LogP contribution in [0.1, 0.15) is 18.9 Å². The molecule has 0 aliphatic rings. The van der Waals surface area contributed by atoms with Gasteiger partial charge in [-0.2, -0.15) is 0 Å². The highest BCUT2D eigenvalue weighted by atomic mass is 79.9. The number of ether oxygens (including phenoxy) is 1. The van der Waals surface area contributed by atoms with E-state index in [1.54, 1.807) is 7.11 Å². The zero-order valence-corrected chi connectivity index (χ0v) is 13.9. The lowest BCUT2D eigenvalue weighted by atomic mass is 10.1. The van der Waals surface area contributed by atoms with Gasteiger partial charge in [-0.1, -0.05) is 21.5 Å². The van der Waals surface area contributed by atoms with Crippen LogP contribution in [0.2, 0.25) is 0 Å². The number of halogens is 3. The maximum atomic E-state index is 5.21. The van der Waals surface area contributed by atoms with Crippen LogP contribution in [0.3, 0.4) is 0 Å². The Balaban J connectivity index is 2.77. The lowest BCUT2D eigenvalue weighted by Gasteiger charge is -2.07. The van der Waals surface area contributed by atoms with Gasteiger partial charge in [0.05, 0.1) is 10.5 Å². The van der Waals surface area contributed by atoms with E-state index in [1.165, 1.54) is 11.1 Å². The number of methoxy groups -OCH3 is 1. The molecule has 0 heterocycles. The Labute approximate surface area is 122 Å². The molecule has 0 unspecified atom stereocenters. The summed E-state index contributed by atoms with van der Waals surface area (Å²) in [6, 6.07) is 6.05. The van der Waals surface area contributed by atoms with E-state index in [2.05, 4.69) is 60.8 Å². The van der Waals surface area contributed by atoms with Crippen molar-refractivity contribution in [1.82, 2.24) is 0 Å². The lowest BCUT2D eigenvalue weighted by Crippen LogP contribution is -1.91. The second kappa shape index (κ2) is 6.82. The van der Waals surface area contributed by atoms with Crippen LogP contribution in [0.5, 0.6) is 5.75 Å². The minimum absolute atomic E-state index is 0.901. The molecule has 0 fully saturated rings. The number of benzene rings is 1. The van der Waals surface area contributed by atoms with Crippen molar-refractivity contribution in [1.29, 1.82) is 0 Å². The van der Waals surface area contributed by atoms with Gasteiger partial charge in [-0.25, -0.2) is 0 Å². The minimum Gasteiger partial charge on any atom is -0.497 e. The molecule has 0 N–H and O–H groups in total. The molecule has 1 rings (SSSR count). The Morgan fingerprint density at radius 2 is 2.00 bits per heavy atom. The van der Waals surface area contributed by atoms with E-state index in [0.717, 1.165) is 26.5 Å². The monoisotopic (exact) mass is 410 g/mol. The predicted molar refractivity (Wildman–Crippen MR) is 79.6 cm³/mol. The Hall–Kier alpha value is 0.200. The van der Waals surface area contributed by atoms with E-state index in [9.17, 15) is 0 Å². The number of allylic oxidation sites excluding steroid dienone is 1. The Bertz CT molecular complexity index is 395. The van der Waals surface area contributed by atoms with Gasteiger partial charge >= 0.3 is 0 Å². The second-order valence-corrected chi connectivity index (χ2v) is 7.00. The maximum Gasteiger partial charge on any atom is 0.119 e. The predicted octanol–water partition coefficient (Wildman–Crippen LogP) is 5.41. The van der Waals surface area contributed by atoms with Gasteiger partial charge in [0.1, 0.15) is 5.75 Å². The van der Waals surface area contributed by atoms with E-state index < -0.39 is 0 Å². The third-order valence-corrected chi connectivity index (χ3v) is 4.47. The Morgan fingerprint density at radius 3 is 2.56 bits per heavy atom. The molecule has 0 aliphatic carbocycles. The second-order valence-electron chi connectivity index (χ2n) is 3.50. The van der Waals surface area contributed by atoms with Crippen molar-refractivity contribution in [3.8, 4) is 5.75 Å². The molecular formula is C12H13Br3O. The average molecular weight is 413 g/mol. The number of hydrogen-bond acceptors (Lipinski definition) is 1. The van der Waals surface area contributed by atoms with Crippen LogP contribution in [-0.2, 0) is 6.42 Å². The molecule has 0 radical (unpaired) electrons. The summed E-state index contributed by atoms with van der Waals surface area (Å²) in [6.45, 7) is 2.10. The van der Waals surface area contributed by atoms with Crippen LogP contribution in [0.25, 0.3) is 0 Å². The third kappa shape index (κ3) is 4.22. The summed E-state index contributed by atoms with van der Waals surface area (Å²) < 4.78 is 7.38. The summed E-state index contributed by atoms with van der Waals surface area (Å²) in [5.74, 6) is 0.901. The van der Waals surface area contributed by atoms with Gasteiger partial charge in [0.25, 0.3) is 0 Å². The maximum absolute atomic E-state index is 5.21. The summed E-state index contributed by atoms with van der Waals surface area (Å²) in [6.07, 6.45) is 2.00. The molecule has 1 aromatic carbocycles. The molecule has 0 aromatic heterocycles. The zero-order valence-electron chi connectivity index (χ0n) is 9.19. The summed E-state index contributed by atoms with van der Waals surface area (Å²) >= 11 is 10.4. The fourth-order valence-corrected chi connectivity index (χ4v) is 2.13. The van der Waals surface area contributed by atoms with Gasteiger partial charge < -0.3 is 4.74 Å². The topological polar surface area (TPSA) is 9.23 Å². The van der Waals surface area contributed by atoms with Gasteiger partial charge in [0.2, 0.25) is 0 Å². The van der Waals surface area contributed by atoms with Crippen molar-refractivity contribution in [3.05, 3.63) is 37.2 Å². The van der Waals surface area contributed by atoms with E-state index in [4.69, 9.17) is 4.74 Å². The molecule has 0 saturated carbocycles. The molecular weight excluding hydrogens is 400 g/mol.